The third-order valence-electron chi connectivity index (χ3n) is 0.895. The number of nitrogens with one attached hydrogen (secondary N) is 1. The molecule has 1 heterocycles. The number of amides is 1. The summed E-state index contributed by atoms with van der Waals surface area (Å²) in [6, 6.07) is 4.91. The largest absolute Gasteiger partial charge is 0.456 e. The predicted octanol–water partition coefficient (Wildman–Crippen LogP) is 1.04. The second-order valence-electron chi connectivity index (χ2n) is 1.63. The Balaban J connectivity index is 2.67. The summed E-state index contributed by atoms with van der Waals surface area (Å²) in [5, 5.41) is 11.9. The highest BCUT2D eigenvalue weighted by molar-refractivity contribution is 5.80. The molecule has 4 heteroatoms. The molecule has 0 aliphatic rings. The van der Waals surface area contributed by atoms with E-state index in [4.69, 9.17) is 0 Å². The van der Waals surface area contributed by atoms with Crippen molar-refractivity contribution in [1.29, 1.82) is 0 Å². The van der Waals surface area contributed by atoms with Crippen molar-refractivity contribution in [3.8, 4) is 0 Å². The minimum atomic E-state index is -1.35. The molecule has 0 aromatic carbocycles. The normalized spacial score (nSPS) is 8.80. The Kier molecular flexibility index (Phi) is 1.84. The summed E-state index contributed by atoms with van der Waals surface area (Å²) in [7, 11) is 0. The lowest BCUT2D eigenvalue weighted by atomic mass is 10.5. The summed E-state index contributed by atoms with van der Waals surface area (Å²) in [5.74, 6) is 0.280. The van der Waals surface area contributed by atoms with Gasteiger partial charge in [0, 0.05) is 6.20 Å². The Labute approximate surface area is 57.5 Å². The minimum Gasteiger partial charge on any atom is -0.272 e. The van der Waals surface area contributed by atoms with E-state index >= 15 is 0 Å². The molecule has 1 amide bonds. The van der Waals surface area contributed by atoms with Crippen LogP contribution in [0, 0.1) is 0 Å². The van der Waals surface area contributed by atoms with E-state index in [-0.39, 0.29) is 5.82 Å². The van der Waals surface area contributed by atoms with Crippen molar-refractivity contribution >= 4 is 11.9 Å². The third-order valence-corrected chi connectivity index (χ3v) is 0.895. The molecular formula is C6H5N2O2. The van der Waals surface area contributed by atoms with E-state index in [2.05, 4.69) is 4.98 Å². The van der Waals surface area contributed by atoms with Crippen LogP contribution in [0.25, 0.3) is 0 Å². The average molecular weight is 137 g/mol. The zero-order chi connectivity index (χ0) is 7.40. The highest BCUT2D eigenvalue weighted by Crippen LogP contribution is 1.98. The van der Waals surface area contributed by atoms with Gasteiger partial charge >= 0.3 is 6.09 Å². The van der Waals surface area contributed by atoms with E-state index in [0.29, 0.717) is 0 Å². The van der Waals surface area contributed by atoms with Crippen molar-refractivity contribution < 1.29 is 9.90 Å². The first-order valence-corrected chi connectivity index (χ1v) is 2.68. The number of carbonyl (C=O) groups is 1. The Hall–Kier alpha value is -1.58. The monoisotopic (exact) mass is 137 g/mol. The van der Waals surface area contributed by atoms with Crippen LogP contribution in [0.1, 0.15) is 0 Å². The van der Waals surface area contributed by atoms with Crippen LogP contribution >= 0.6 is 0 Å². The third kappa shape index (κ3) is 1.74. The van der Waals surface area contributed by atoms with Crippen molar-refractivity contribution in [1.82, 2.24) is 4.98 Å². The molecule has 51 valence electrons. The van der Waals surface area contributed by atoms with Gasteiger partial charge in [0.05, 0.1) is 0 Å². The molecule has 0 unspecified atom stereocenters. The molecule has 0 bridgehead atoms. The van der Waals surface area contributed by atoms with Gasteiger partial charge < -0.3 is 0 Å². The van der Waals surface area contributed by atoms with Gasteiger partial charge in [-0.15, -0.1) is 0 Å². The molecule has 1 aromatic rings. The predicted molar refractivity (Wildman–Crippen MR) is 33.9 cm³/mol. The molecule has 1 aromatic heterocycles. The fourth-order valence-corrected chi connectivity index (χ4v) is 0.541. The molecule has 1 rings (SSSR count). The second kappa shape index (κ2) is 2.82. The Morgan fingerprint density at radius 1 is 1.50 bits per heavy atom. The van der Waals surface area contributed by atoms with E-state index in [1.54, 1.807) is 12.1 Å². The molecule has 0 spiro atoms. The lowest BCUT2D eigenvalue weighted by Gasteiger charge is -1.93. The summed E-state index contributed by atoms with van der Waals surface area (Å²) in [4.78, 5) is 13.6. The highest BCUT2D eigenvalue weighted by atomic mass is 16.4. The van der Waals surface area contributed by atoms with Gasteiger partial charge in [0.15, 0.2) is 0 Å². The lowest BCUT2D eigenvalue weighted by molar-refractivity contribution is 0.185. The summed E-state index contributed by atoms with van der Waals surface area (Å²) < 4.78 is 0. The zero-order valence-corrected chi connectivity index (χ0v) is 5.07. The molecule has 0 fully saturated rings. The molecule has 1 radical (unpaired) electrons. The van der Waals surface area contributed by atoms with Crippen LogP contribution in [0.2, 0.25) is 0 Å². The van der Waals surface area contributed by atoms with Gasteiger partial charge in [0.2, 0.25) is 0 Å². The van der Waals surface area contributed by atoms with Crippen molar-refractivity contribution in [3.63, 3.8) is 0 Å². The first-order chi connectivity index (χ1) is 4.79. The fourth-order valence-electron chi connectivity index (χ4n) is 0.541. The van der Waals surface area contributed by atoms with E-state index in [1.165, 1.54) is 12.3 Å². The number of pyridine rings is 1. The molecule has 0 saturated carbocycles. The molecule has 0 saturated heterocycles. The van der Waals surface area contributed by atoms with Crippen LogP contribution in [0.15, 0.2) is 24.4 Å². The number of hydrogen-bond acceptors (Lipinski definition) is 2. The SMILES string of the molecule is [O]C(=O)Nc1ccccn1. The Morgan fingerprint density at radius 2 is 2.30 bits per heavy atom. The van der Waals surface area contributed by atoms with Gasteiger partial charge in [0.25, 0.3) is 0 Å². The van der Waals surface area contributed by atoms with Crippen LogP contribution in [0.4, 0.5) is 10.6 Å². The van der Waals surface area contributed by atoms with Crippen LogP contribution in [-0.2, 0) is 5.11 Å². The van der Waals surface area contributed by atoms with E-state index < -0.39 is 6.09 Å². The first kappa shape index (κ1) is 6.54. The zero-order valence-electron chi connectivity index (χ0n) is 5.07. The molecule has 0 atom stereocenters. The lowest BCUT2D eigenvalue weighted by Crippen LogP contribution is -2.06. The minimum absolute atomic E-state index is 0.280. The topological polar surface area (TPSA) is 61.9 Å². The molecular weight excluding hydrogens is 132 g/mol. The highest BCUT2D eigenvalue weighted by Gasteiger charge is 1.97. The van der Waals surface area contributed by atoms with E-state index in [9.17, 15) is 9.90 Å². The first-order valence-electron chi connectivity index (χ1n) is 2.68. The Morgan fingerprint density at radius 3 is 2.80 bits per heavy atom. The van der Waals surface area contributed by atoms with Crippen LogP contribution in [0.5, 0.6) is 0 Å². The second-order valence-corrected chi connectivity index (χ2v) is 1.63. The number of rotatable bonds is 1. The number of nitrogens with zero attached hydrogens (tertiary/aromatic N) is 1. The van der Waals surface area contributed by atoms with Crippen LogP contribution in [0.3, 0.4) is 0 Å². The number of aromatic nitrogens is 1. The molecule has 4 nitrogen and oxygen atoms in total. The van der Waals surface area contributed by atoms with Gasteiger partial charge in [0.1, 0.15) is 5.82 Å². The van der Waals surface area contributed by atoms with Crippen molar-refractivity contribution in [2.24, 2.45) is 0 Å². The van der Waals surface area contributed by atoms with E-state index in [0.717, 1.165) is 0 Å². The fraction of sp³-hybridized carbons (Fsp3) is 0. The van der Waals surface area contributed by atoms with Crippen molar-refractivity contribution in [2.45, 2.75) is 0 Å². The van der Waals surface area contributed by atoms with Gasteiger partial charge in [-0.2, -0.15) is 0 Å². The van der Waals surface area contributed by atoms with Crippen LogP contribution < -0.4 is 5.32 Å². The Bertz CT molecular complexity index is 222. The summed E-state index contributed by atoms with van der Waals surface area (Å²) in [6.45, 7) is 0. The van der Waals surface area contributed by atoms with Gasteiger partial charge in [-0.1, -0.05) is 6.07 Å². The molecule has 1 N–H and O–H groups in total. The van der Waals surface area contributed by atoms with Crippen molar-refractivity contribution in [3.05, 3.63) is 24.4 Å². The maximum absolute atomic E-state index is 9.91. The maximum atomic E-state index is 9.91. The average Bonchev–Trinajstić information content (AvgIpc) is 1.88. The molecule has 0 aliphatic heterocycles. The van der Waals surface area contributed by atoms with Gasteiger partial charge in [-0.25, -0.2) is 14.9 Å². The molecule has 0 aliphatic carbocycles. The van der Waals surface area contributed by atoms with Gasteiger partial charge in [-0.3, -0.25) is 5.32 Å². The number of anilines is 1. The standard InChI is InChI=1S/C6H5N2O2/c9-6(10)8-5-3-1-2-4-7-5/h1-4H,(H,7,8). The van der Waals surface area contributed by atoms with Crippen molar-refractivity contribution in [2.75, 3.05) is 5.32 Å². The number of carbonyl (C=O) groups excluding carboxylic acids is 1. The smallest absolute Gasteiger partial charge is 0.272 e. The van der Waals surface area contributed by atoms with E-state index in [1.807, 2.05) is 5.32 Å². The van der Waals surface area contributed by atoms with Crippen LogP contribution in [-0.4, -0.2) is 11.1 Å². The summed E-state index contributed by atoms with van der Waals surface area (Å²) in [5.41, 5.74) is 0. The maximum Gasteiger partial charge on any atom is 0.456 e. The molecule has 10 heavy (non-hydrogen) atoms. The van der Waals surface area contributed by atoms with Gasteiger partial charge in [-0.05, 0) is 12.1 Å². The summed E-state index contributed by atoms with van der Waals surface area (Å²) >= 11 is 0. The quantitative estimate of drug-likeness (QED) is 0.628. The number of hydrogen-bond donors (Lipinski definition) is 1. The summed E-state index contributed by atoms with van der Waals surface area (Å²) in [6.07, 6.45) is 0.143.